The number of amides is 2. The number of pyridine rings is 1. The molecule has 0 saturated carbocycles. The molecule has 2 heterocycles. The lowest BCUT2D eigenvalue weighted by atomic mass is 10.1. The van der Waals surface area contributed by atoms with Crippen molar-refractivity contribution < 1.29 is 9.59 Å². The Labute approximate surface area is 171 Å². The number of hydrogen-bond donors (Lipinski definition) is 2. The number of benzene rings is 1. The summed E-state index contributed by atoms with van der Waals surface area (Å²) in [5, 5.41) is 2.89. The van der Waals surface area contributed by atoms with Gasteiger partial charge in [-0.05, 0) is 30.7 Å². The average molecular weight is 399 g/mol. The topological polar surface area (TPSA) is 65.5 Å². The Morgan fingerprint density at radius 3 is 2.50 bits per heavy atom. The number of rotatable bonds is 6. The van der Waals surface area contributed by atoms with E-state index in [9.17, 15) is 9.59 Å². The Kier molecular flexibility index (Phi) is 6.92. The number of nitrogens with zero attached hydrogens (tertiary/aromatic N) is 3. The van der Waals surface area contributed by atoms with Gasteiger partial charge in [0.1, 0.15) is 5.82 Å². The molecule has 0 radical (unpaired) electrons. The van der Waals surface area contributed by atoms with Gasteiger partial charge in [-0.2, -0.15) is 0 Å². The summed E-state index contributed by atoms with van der Waals surface area (Å²) in [7, 11) is 0. The molecule has 1 saturated heterocycles. The molecular weight excluding hydrogens is 372 g/mol. The van der Waals surface area contributed by atoms with Crippen LogP contribution in [-0.2, 0) is 0 Å². The van der Waals surface area contributed by atoms with E-state index in [0.29, 0.717) is 48.7 Å². The Hall–Kier alpha value is -2.54. The van der Waals surface area contributed by atoms with Crippen LogP contribution in [-0.4, -0.2) is 54.4 Å². The summed E-state index contributed by atoms with van der Waals surface area (Å²) in [6.45, 7) is 5.43. The molecule has 0 spiro atoms. The number of carbonyl (C=O) groups excluding carboxylic acids is 2. The Balaban J connectivity index is 1.55. The van der Waals surface area contributed by atoms with Crippen molar-refractivity contribution in [2.75, 3.05) is 37.6 Å². The van der Waals surface area contributed by atoms with E-state index >= 15 is 0 Å². The number of unbranched alkanes of at least 4 members (excludes halogenated alkanes) is 1. The van der Waals surface area contributed by atoms with E-state index in [2.05, 4.69) is 34.8 Å². The first-order valence-electron chi connectivity index (χ1n) is 9.66. The molecule has 3 rings (SSSR count). The number of hydrogen-bond acceptors (Lipinski definition) is 5. The zero-order chi connectivity index (χ0) is 19.9. The Bertz CT molecular complexity index is 817. The summed E-state index contributed by atoms with van der Waals surface area (Å²) in [5.41, 5.74) is 1.20. The van der Waals surface area contributed by atoms with Crippen LogP contribution in [0.25, 0.3) is 0 Å². The molecule has 28 heavy (non-hydrogen) atoms. The van der Waals surface area contributed by atoms with E-state index in [1.165, 1.54) is 0 Å². The van der Waals surface area contributed by atoms with Gasteiger partial charge in [-0.15, -0.1) is 12.6 Å². The minimum Gasteiger partial charge on any atom is -0.353 e. The molecule has 1 aromatic carbocycles. The van der Waals surface area contributed by atoms with Gasteiger partial charge in [0.15, 0.2) is 0 Å². The number of carbonyl (C=O) groups is 2. The van der Waals surface area contributed by atoms with E-state index in [4.69, 9.17) is 0 Å². The highest BCUT2D eigenvalue weighted by molar-refractivity contribution is 7.80. The van der Waals surface area contributed by atoms with Crippen molar-refractivity contribution in [1.82, 2.24) is 15.2 Å². The SMILES string of the molecule is CCCCNC(=O)c1ccc(N2CCN(C(=O)c3ccccc3S)CC2)nc1. The van der Waals surface area contributed by atoms with Crippen molar-refractivity contribution in [3.8, 4) is 0 Å². The predicted molar refractivity (Wildman–Crippen MR) is 113 cm³/mol. The van der Waals surface area contributed by atoms with Crippen LogP contribution in [0.5, 0.6) is 0 Å². The quantitative estimate of drug-likeness (QED) is 0.580. The van der Waals surface area contributed by atoms with Crippen molar-refractivity contribution in [1.29, 1.82) is 0 Å². The van der Waals surface area contributed by atoms with E-state index in [0.717, 1.165) is 18.7 Å². The Morgan fingerprint density at radius 2 is 1.86 bits per heavy atom. The second-order valence-electron chi connectivity index (χ2n) is 6.81. The van der Waals surface area contributed by atoms with Crippen molar-refractivity contribution in [3.63, 3.8) is 0 Å². The summed E-state index contributed by atoms with van der Waals surface area (Å²) in [5.74, 6) is 0.748. The fourth-order valence-corrected chi connectivity index (χ4v) is 3.41. The first-order valence-corrected chi connectivity index (χ1v) is 10.1. The molecule has 0 unspecified atom stereocenters. The molecule has 2 aromatic rings. The van der Waals surface area contributed by atoms with Gasteiger partial charge in [-0.1, -0.05) is 25.5 Å². The van der Waals surface area contributed by atoms with Crippen molar-refractivity contribution in [2.45, 2.75) is 24.7 Å². The van der Waals surface area contributed by atoms with Gasteiger partial charge in [0.25, 0.3) is 11.8 Å². The van der Waals surface area contributed by atoms with Gasteiger partial charge in [-0.3, -0.25) is 9.59 Å². The molecule has 7 heteroatoms. The third-order valence-corrected chi connectivity index (χ3v) is 5.24. The van der Waals surface area contributed by atoms with Gasteiger partial charge in [0.05, 0.1) is 11.1 Å². The second-order valence-corrected chi connectivity index (χ2v) is 7.29. The lowest BCUT2D eigenvalue weighted by molar-refractivity contribution is 0.0742. The van der Waals surface area contributed by atoms with Crippen LogP contribution < -0.4 is 10.2 Å². The summed E-state index contributed by atoms with van der Waals surface area (Å²) in [6, 6.07) is 11.0. The zero-order valence-electron chi connectivity index (χ0n) is 16.1. The van der Waals surface area contributed by atoms with Crippen LogP contribution in [0.4, 0.5) is 5.82 Å². The summed E-state index contributed by atoms with van der Waals surface area (Å²) in [4.78, 5) is 33.9. The zero-order valence-corrected chi connectivity index (χ0v) is 17.0. The average Bonchev–Trinajstić information content (AvgIpc) is 2.74. The molecular formula is C21H26N4O2S. The van der Waals surface area contributed by atoms with Crippen LogP contribution >= 0.6 is 12.6 Å². The van der Waals surface area contributed by atoms with Gasteiger partial charge in [0, 0.05) is 43.8 Å². The molecule has 6 nitrogen and oxygen atoms in total. The molecule has 148 valence electrons. The van der Waals surface area contributed by atoms with E-state index in [1.54, 1.807) is 12.3 Å². The van der Waals surface area contributed by atoms with Gasteiger partial charge in [0.2, 0.25) is 0 Å². The van der Waals surface area contributed by atoms with Gasteiger partial charge < -0.3 is 15.1 Å². The number of thiol groups is 1. The second kappa shape index (κ2) is 9.59. The standard InChI is InChI=1S/C21H26N4O2S/c1-2-3-10-22-20(26)16-8-9-19(23-15-16)24-11-13-25(14-12-24)21(27)17-6-4-5-7-18(17)28/h4-9,15,28H,2-3,10-14H2,1H3,(H,22,26). The first-order chi connectivity index (χ1) is 13.6. The number of nitrogens with one attached hydrogen (secondary N) is 1. The maximum atomic E-state index is 12.7. The molecule has 1 aliphatic rings. The fourth-order valence-electron chi connectivity index (χ4n) is 3.15. The summed E-state index contributed by atoms with van der Waals surface area (Å²) in [6.07, 6.45) is 3.63. The van der Waals surface area contributed by atoms with Gasteiger partial charge >= 0.3 is 0 Å². The largest absolute Gasteiger partial charge is 0.353 e. The molecule has 1 fully saturated rings. The first kappa shape index (κ1) is 20.2. The molecule has 2 amide bonds. The Morgan fingerprint density at radius 1 is 1.11 bits per heavy atom. The van der Waals surface area contributed by atoms with Crippen molar-refractivity contribution in [3.05, 3.63) is 53.7 Å². The monoisotopic (exact) mass is 398 g/mol. The van der Waals surface area contributed by atoms with E-state index < -0.39 is 0 Å². The molecule has 1 N–H and O–H groups in total. The summed E-state index contributed by atoms with van der Waals surface area (Å²) < 4.78 is 0. The molecule has 0 aliphatic carbocycles. The third-order valence-electron chi connectivity index (χ3n) is 4.85. The highest BCUT2D eigenvalue weighted by Crippen LogP contribution is 2.19. The normalized spacial score (nSPS) is 14.1. The lowest BCUT2D eigenvalue weighted by Gasteiger charge is -2.35. The van der Waals surface area contributed by atoms with Gasteiger partial charge in [-0.25, -0.2) is 4.98 Å². The van der Waals surface area contributed by atoms with Crippen LogP contribution in [0, 0.1) is 0 Å². The van der Waals surface area contributed by atoms with Crippen LogP contribution in [0.15, 0.2) is 47.5 Å². The predicted octanol–water partition coefficient (Wildman–Crippen LogP) is 2.86. The number of piperazine rings is 1. The van der Waals surface area contributed by atoms with Crippen LogP contribution in [0.1, 0.15) is 40.5 Å². The third kappa shape index (κ3) is 4.84. The molecule has 1 aliphatic heterocycles. The summed E-state index contributed by atoms with van der Waals surface area (Å²) >= 11 is 4.38. The smallest absolute Gasteiger partial charge is 0.255 e. The number of aromatic nitrogens is 1. The minimum absolute atomic E-state index is 0.0114. The molecule has 0 bridgehead atoms. The number of anilines is 1. The van der Waals surface area contributed by atoms with E-state index in [1.807, 2.05) is 35.2 Å². The van der Waals surface area contributed by atoms with E-state index in [-0.39, 0.29) is 11.8 Å². The molecule has 1 aromatic heterocycles. The van der Waals surface area contributed by atoms with Crippen LogP contribution in [0.3, 0.4) is 0 Å². The fraction of sp³-hybridized carbons (Fsp3) is 0.381. The molecule has 0 atom stereocenters. The van der Waals surface area contributed by atoms with Crippen molar-refractivity contribution in [2.24, 2.45) is 0 Å². The highest BCUT2D eigenvalue weighted by atomic mass is 32.1. The lowest BCUT2D eigenvalue weighted by Crippen LogP contribution is -2.49. The maximum absolute atomic E-state index is 12.7. The van der Waals surface area contributed by atoms with Crippen molar-refractivity contribution >= 4 is 30.3 Å². The van der Waals surface area contributed by atoms with Crippen LogP contribution in [0.2, 0.25) is 0 Å². The minimum atomic E-state index is -0.0895. The highest BCUT2D eigenvalue weighted by Gasteiger charge is 2.24. The maximum Gasteiger partial charge on any atom is 0.255 e.